The highest BCUT2D eigenvalue weighted by Crippen LogP contribution is 2.32. The minimum atomic E-state index is -2.95. The van der Waals surface area contributed by atoms with E-state index in [4.69, 9.17) is 9.84 Å². The van der Waals surface area contributed by atoms with Crippen molar-refractivity contribution in [2.24, 2.45) is 0 Å². The molecule has 1 atom stereocenters. The quantitative estimate of drug-likeness (QED) is 0.854. The van der Waals surface area contributed by atoms with Crippen molar-refractivity contribution in [3.8, 4) is 11.5 Å². The summed E-state index contributed by atoms with van der Waals surface area (Å²) in [5.41, 5.74) is 0.465. The number of carboxylic acid groups (broad SMARTS) is 1. The van der Waals surface area contributed by atoms with E-state index >= 15 is 0 Å². The van der Waals surface area contributed by atoms with Crippen LogP contribution in [0.1, 0.15) is 25.3 Å². The van der Waals surface area contributed by atoms with Gasteiger partial charge in [0.25, 0.3) is 0 Å². The molecule has 6 heteroatoms. The number of aliphatic carboxylic acids is 1. The van der Waals surface area contributed by atoms with Crippen LogP contribution < -0.4 is 9.47 Å². The third-order valence-electron chi connectivity index (χ3n) is 2.35. The summed E-state index contributed by atoms with van der Waals surface area (Å²) in [6.07, 6.45) is 0. The van der Waals surface area contributed by atoms with Gasteiger partial charge in [-0.3, -0.25) is 4.79 Å². The molecular formula is C12H14F2O4. The molecule has 0 fully saturated rings. The third-order valence-corrected chi connectivity index (χ3v) is 2.35. The number of halogens is 2. The van der Waals surface area contributed by atoms with Crippen LogP contribution >= 0.6 is 0 Å². The Morgan fingerprint density at radius 2 is 2.06 bits per heavy atom. The van der Waals surface area contributed by atoms with Gasteiger partial charge in [-0.25, -0.2) is 0 Å². The van der Waals surface area contributed by atoms with Crippen molar-refractivity contribution in [1.29, 1.82) is 0 Å². The second kappa shape index (κ2) is 6.18. The largest absolute Gasteiger partial charge is 0.490 e. The van der Waals surface area contributed by atoms with Crippen LogP contribution in [0.25, 0.3) is 0 Å². The predicted octanol–water partition coefficient (Wildman–Crippen LogP) is 2.87. The smallest absolute Gasteiger partial charge is 0.387 e. The van der Waals surface area contributed by atoms with Crippen molar-refractivity contribution in [3.63, 3.8) is 0 Å². The van der Waals surface area contributed by atoms with E-state index in [1.165, 1.54) is 25.1 Å². The van der Waals surface area contributed by atoms with Gasteiger partial charge < -0.3 is 14.6 Å². The Morgan fingerprint density at radius 3 is 2.56 bits per heavy atom. The topological polar surface area (TPSA) is 55.8 Å². The van der Waals surface area contributed by atoms with Crippen LogP contribution in [0.4, 0.5) is 8.78 Å². The molecular weight excluding hydrogens is 246 g/mol. The van der Waals surface area contributed by atoms with Gasteiger partial charge in [-0.2, -0.15) is 8.78 Å². The van der Waals surface area contributed by atoms with E-state index in [1.807, 2.05) is 0 Å². The lowest BCUT2D eigenvalue weighted by Gasteiger charge is -2.14. The van der Waals surface area contributed by atoms with Crippen LogP contribution in [-0.4, -0.2) is 24.3 Å². The zero-order chi connectivity index (χ0) is 13.7. The summed E-state index contributed by atoms with van der Waals surface area (Å²) in [6.45, 7) is 0.511. The first-order valence-corrected chi connectivity index (χ1v) is 5.40. The van der Waals surface area contributed by atoms with Crippen molar-refractivity contribution >= 4 is 5.97 Å². The Bertz CT molecular complexity index is 421. The molecule has 1 aromatic carbocycles. The SMILES string of the molecule is CCOc1cc(C(C)C(=O)O)ccc1OC(F)F. The molecule has 0 saturated heterocycles. The van der Waals surface area contributed by atoms with E-state index in [0.717, 1.165) is 0 Å². The number of carbonyl (C=O) groups is 1. The molecule has 18 heavy (non-hydrogen) atoms. The van der Waals surface area contributed by atoms with E-state index in [0.29, 0.717) is 5.56 Å². The van der Waals surface area contributed by atoms with Gasteiger partial charge in [0.1, 0.15) is 0 Å². The summed E-state index contributed by atoms with van der Waals surface area (Å²) in [5.74, 6) is -1.73. The van der Waals surface area contributed by atoms with Crippen LogP contribution in [0, 0.1) is 0 Å². The maximum Gasteiger partial charge on any atom is 0.387 e. The van der Waals surface area contributed by atoms with E-state index in [-0.39, 0.29) is 18.1 Å². The molecule has 1 rings (SSSR count). The van der Waals surface area contributed by atoms with Crippen molar-refractivity contribution in [2.45, 2.75) is 26.4 Å². The fraction of sp³-hybridized carbons (Fsp3) is 0.417. The molecule has 4 nitrogen and oxygen atoms in total. The Morgan fingerprint density at radius 1 is 1.39 bits per heavy atom. The first kappa shape index (κ1) is 14.2. The molecule has 0 amide bonds. The van der Waals surface area contributed by atoms with Crippen LogP contribution in [0.2, 0.25) is 0 Å². The minimum Gasteiger partial charge on any atom is -0.490 e. The molecule has 1 aromatic rings. The normalized spacial score (nSPS) is 12.3. The lowest BCUT2D eigenvalue weighted by molar-refractivity contribution is -0.138. The van der Waals surface area contributed by atoms with Crippen molar-refractivity contribution < 1.29 is 28.2 Å². The number of ether oxygens (including phenoxy) is 2. The number of rotatable bonds is 6. The standard InChI is InChI=1S/C12H14F2O4/c1-3-17-10-6-8(7(2)11(15)16)4-5-9(10)18-12(13)14/h4-7,12H,3H2,1-2H3,(H,15,16). The number of alkyl halides is 2. The van der Waals surface area contributed by atoms with E-state index < -0.39 is 18.5 Å². The summed E-state index contributed by atoms with van der Waals surface area (Å²) >= 11 is 0. The second-order valence-electron chi connectivity index (χ2n) is 3.58. The highest BCUT2D eigenvalue weighted by molar-refractivity contribution is 5.75. The van der Waals surface area contributed by atoms with Gasteiger partial charge in [0.05, 0.1) is 12.5 Å². The summed E-state index contributed by atoms with van der Waals surface area (Å²) in [6, 6.07) is 4.12. The molecule has 0 aliphatic heterocycles. The Hall–Kier alpha value is -1.85. The highest BCUT2D eigenvalue weighted by atomic mass is 19.3. The van der Waals surface area contributed by atoms with Crippen molar-refractivity contribution in [2.75, 3.05) is 6.61 Å². The average molecular weight is 260 g/mol. The van der Waals surface area contributed by atoms with Gasteiger partial charge in [0.2, 0.25) is 0 Å². The Balaban J connectivity index is 3.05. The number of benzene rings is 1. The molecule has 1 unspecified atom stereocenters. The highest BCUT2D eigenvalue weighted by Gasteiger charge is 2.17. The molecule has 0 aromatic heterocycles. The molecule has 0 heterocycles. The van der Waals surface area contributed by atoms with Gasteiger partial charge in [-0.05, 0) is 31.5 Å². The zero-order valence-corrected chi connectivity index (χ0v) is 10.0. The van der Waals surface area contributed by atoms with Gasteiger partial charge in [-0.15, -0.1) is 0 Å². The fourth-order valence-electron chi connectivity index (χ4n) is 1.40. The minimum absolute atomic E-state index is 0.104. The third kappa shape index (κ3) is 3.58. The van der Waals surface area contributed by atoms with Crippen molar-refractivity contribution in [1.82, 2.24) is 0 Å². The maximum atomic E-state index is 12.2. The number of hydrogen-bond donors (Lipinski definition) is 1. The summed E-state index contributed by atoms with van der Waals surface area (Å²) in [5, 5.41) is 8.88. The summed E-state index contributed by atoms with van der Waals surface area (Å²) in [4.78, 5) is 10.8. The summed E-state index contributed by atoms with van der Waals surface area (Å²) in [7, 11) is 0. The van der Waals surface area contributed by atoms with Crippen LogP contribution in [0.5, 0.6) is 11.5 Å². The van der Waals surface area contributed by atoms with Gasteiger partial charge in [0, 0.05) is 0 Å². The monoisotopic (exact) mass is 260 g/mol. The van der Waals surface area contributed by atoms with Crippen molar-refractivity contribution in [3.05, 3.63) is 23.8 Å². The van der Waals surface area contributed by atoms with Gasteiger partial charge in [0.15, 0.2) is 11.5 Å². The van der Waals surface area contributed by atoms with Crippen LogP contribution in [0.15, 0.2) is 18.2 Å². The fourth-order valence-corrected chi connectivity index (χ4v) is 1.40. The second-order valence-corrected chi connectivity index (χ2v) is 3.58. The van der Waals surface area contributed by atoms with Gasteiger partial charge >= 0.3 is 12.6 Å². The Labute approximate surface area is 103 Å². The molecule has 0 radical (unpaired) electrons. The molecule has 1 N–H and O–H groups in total. The summed E-state index contributed by atoms with van der Waals surface area (Å²) < 4.78 is 33.8. The Kier molecular flexibility index (Phi) is 4.88. The maximum absolute atomic E-state index is 12.2. The molecule has 100 valence electrons. The molecule has 0 aliphatic carbocycles. The van der Waals surface area contributed by atoms with E-state index in [9.17, 15) is 13.6 Å². The average Bonchev–Trinajstić information content (AvgIpc) is 2.30. The van der Waals surface area contributed by atoms with E-state index in [2.05, 4.69) is 4.74 Å². The lowest BCUT2D eigenvalue weighted by Crippen LogP contribution is -2.09. The molecule has 0 aliphatic rings. The zero-order valence-electron chi connectivity index (χ0n) is 10.0. The first-order valence-electron chi connectivity index (χ1n) is 5.40. The van der Waals surface area contributed by atoms with E-state index in [1.54, 1.807) is 6.92 Å². The van der Waals surface area contributed by atoms with Crippen LogP contribution in [-0.2, 0) is 4.79 Å². The predicted molar refractivity (Wildman–Crippen MR) is 60.3 cm³/mol. The van der Waals surface area contributed by atoms with Gasteiger partial charge in [-0.1, -0.05) is 6.07 Å². The first-order chi connectivity index (χ1) is 8.45. The number of carboxylic acids is 1. The molecule has 0 spiro atoms. The number of hydrogen-bond acceptors (Lipinski definition) is 3. The molecule has 0 saturated carbocycles. The van der Waals surface area contributed by atoms with Crippen LogP contribution in [0.3, 0.4) is 0 Å². The molecule has 0 bridgehead atoms. The lowest BCUT2D eigenvalue weighted by atomic mass is 10.0.